The molecule has 0 saturated carbocycles. The maximum atomic E-state index is 12.2. The molecule has 3 heterocycles. The van der Waals surface area contributed by atoms with E-state index in [1.807, 2.05) is 6.07 Å². The highest BCUT2D eigenvalue weighted by Gasteiger charge is 2.37. The summed E-state index contributed by atoms with van der Waals surface area (Å²) in [4.78, 5) is 28.4. The van der Waals surface area contributed by atoms with Gasteiger partial charge in [0.15, 0.2) is 0 Å². The molecule has 3 aliphatic rings. The quantitative estimate of drug-likeness (QED) is 0.798. The first-order valence-corrected chi connectivity index (χ1v) is 9.51. The van der Waals surface area contributed by atoms with E-state index < -0.39 is 0 Å². The smallest absolute Gasteiger partial charge is 0.279 e. The third kappa shape index (κ3) is 3.34. The van der Waals surface area contributed by atoms with Crippen LogP contribution in [0, 0.1) is 11.8 Å². The van der Waals surface area contributed by atoms with Crippen LogP contribution >= 0.6 is 11.3 Å². The molecule has 24 heavy (non-hydrogen) atoms. The number of hydrogen-bond donors (Lipinski definition) is 2. The minimum atomic E-state index is -0.213. The lowest BCUT2D eigenvalue weighted by atomic mass is 9.99. The first-order chi connectivity index (χ1) is 11.7. The predicted molar refractivity (Wildman–Crippen MR) is 90.8 cm³/mol. The molecule has 2 N–H and O–H groups in total. The van der Waals surface area contributed by atoms with Crippen LogP contribution in [0.2, 0.25) is 0 Å². The van der Waals surface area contributed by atoms with Gasteiger partial charge in [-0.15, -0.1) is 11.3 Å². The summed E-state index contributed by atoms with van der Waals surface area (Å²) < 4.78 is 5.44. The second-order valence-corrected chi connectivity index (χ2v) is 8.16. The zero-order valence-corrected chi connectivity index (χ0v) is 14.5. The summed E-state index contributed by atoms with van der Waals surface area (Å²) in [5.74, 6) is 0.745. The van der Waals surface area contributed by atoms with Gasteiger partial charge in [-0.2, -0.15) is 0 Å². The molecule has 2 amide bonds. The fraction of sp³-hybridized carbons (Fsp3) is 0.647. The Hall–Kier alpha value is -1.44. The number of nitrogens with one attached hydrogen (secondary N) is 2. The van der Waals surface area contributed by atoms with Crippen LogP contribution in [0.1, 0.15) is 33.0 Å². The summed E-state index contributed by atoms with van der Waals surface area (Å²) in [6.07, 6.45) is 4.53. The zero-order valence-electron chi connectivity index (χ0n) is 13.7. The number of fused-ring (bicyclic) bond motifs is 2. The second kappa shape index (κ2) is 6.82. The van der Waals surface area contributed by atoms with Crippen LogP contribution in [0.3, 0.4) is 0 Å². The van der Waals surface area contributed by atoms with Gasteiger partial charge >= 0.3 is 0 Å². The van der Waals surface area contributed by atoms with E-state index in [2.05, 4.69) is 15.8 Å². The summed E-state index contributed by atoms with van der Waals surface area (Å²) in [6.45, 7) is 3.76. The normalized spacial score (nSPS) is 26.0. The van der Waals surface area contributed by atoms with Crippen molar-refractivity contribution in [3.05, 3.63) is 21.4 Å². The summed E-state index contributed by atoms with van der Waals surface area (Å²) >= 11 is 1.55. The molecule has 1 aliphatic carbocycles. The van der Waals surface area contributed by atoms with Crippen LogP contribution in [0.5, 0.6) is 0 Å². The first kappa shape index (κ1) is 16.1. The van der Waals surface area contributed by atoms with Crippen LogP contribution in [0.25, 0.3) is 0 Å². The number of hydrazine groups is 1. The van der Waals surface area contributed by atoms with E-state index in [-0.39, 0.29) is 11.8 Å². The maximum absolute atomic E-state index is 12.2. The topological polar surface area (TPSA) is 70.7 Å². The summed E-state index contributed by atoms with van der Waals surface area (Å²) in [5, 5.41) is 0. The third-order valence-corrected chi connectivity index (χ3v) is 6.45. The average molecular weight is 349 g/mol. The van der Waals surface area contributed by atoms with Crippen molar-refractivity contribution >= 4 is 23.2 Å². The van der Waals surface area contributed by atoms with Gasteiger partial charge in [0.25, 0.3) is 11.8 Å². The predicted octanol–water partition coefficient (Wildman–Crippen LogP) is 0.966. The summed E-state index contributed by atoms with van der Waals surface area (Å²) in [7, 11) is 0. The highest BCUT2D eigenvalue weighted by molar-refractivity contribution is 7.14. The molecule has 0 unspecified atom stereocenters. The molecule has 1 aromatic heterocycles. The molecular weight excluding hydrogens is 326 g/mol. The SMILES string of the molecule is O=C(CN1C[C@H]2COC[C@H]2C1)NNC(=O)c1cc2c(s1)CCCC2. The van der Waals surface area contributed by atoms with Gasteiger partial charge in [-0.25, -0.2) is 0 Å². The Balaban J connectivity index is 1.25. The van der Waals surface area contributed by atoms with Gasteiger partial charge in [0, 0.05) is 29.8 Å². The lowest BCUT2D eigenvalue weighted by Crippen LogP contribution is -2.46. The van der Waals surface area contributed by atoms with Crippen LogP contribution in [-0.4, -0.2) is 49.6 Å². The van der Waals surface area contributed by atoms with E-state index in [9.17, 15) is 9.59 Å². The number of rotatable bonds is 3. The summed E-state index contributed by atoms with van der Waals surface area (Å²) in [6, 6.07) is 1.97. The Kier molecular flexibility index (Phi) is 4.56. The molecular formula is C17H23N3O3S. The molecule has 7 heteroatoms. The molecule has 0 aromatic carbocycles. The fourth-order valence-electron chi connectivity index (χ4n) is 3.95. The van der Waals surface area contributed by atoms with Gasteiger partial charge in [0.1, 0.15) is 0 Å². The lowest BCUT2D eigenvalue weighted by molar-refractivity contribution is -0.122. The summed E-state index contributed by atoms with van der Waals surface area (Å²) in [5.41, 5.74) is 6.40. The molecule has 2 atom stereocenters. The van der Waals surface area contributed by atoms with Gasteiger partial charge in [0.2, 0.25) is 0 Å². The highest BCUT2D eigenvalue weighted by Crippen LogP contribution is 2.30. The lowest BCUT2D eigenvalue weighted by Gasteiger charge is -2.16. The molecule has 2 saturated heterocycles. The van der Waals surface area contributed by atoms with Crippen molar-refractivity contribution in [3.63, 3.8) is 0 Å². The van der Waals surface area contributed by atoms with E-state index >= 15 is 0 Å². The molecule has 2 fully saturated rings. The Morgan fingerprint density at radius 2 is 1.92 bits per heavy atom. The molecule has 4 rings (SSSR count). The maximum Gasteiger partial charge on any atom is 0.279 e. The number of nitrogens with zero attached hydrogens (tertiary/aromatic N) is 1. The molecule has 0 spiro atoms. The zero-order chi connectivity index (χ0) is 16.5. The minimum absolute atomic E-state index is 0.162. The van der Waals surface area contributed by atoms with Crippen molar-refractivity contribution in [1.82, 2.24) is 15.8 Å². The number of carbonyl (C=O) groups excluding carboxylic acids is 2. The number of thiophene rings is 1. The fourth-order valence-corrected chi connectivity index (χ4v) is 5.10. The van der Waals surface area contributed by atoms with Crippen molar-refractivity contribution in [3.8, 4) is 0 Å². The van der Waals surface area contributed by atoms with Crippen LogP contribution in [-0.2, 0) is 22.4 Å². The Morgan fingerprint density at radius 1 is 1.17 bits per heavy atom. The van der Waals surface area contributed by atoms with Crippen molar-refractivity contribution in [1.29, 1.82) is 0 Å². The van der Waals surface area contributed by atoms with E-state index in [1.165, 1.54) is 23.3 Å². The number of carbonyl (C=O) groups is 2. The van der Waals surface area contributed by atoms with Gasteiger partial charge in [-0.3, -0.25) is 25.3 Å². The molecule has 1 aromatic rings. The number of aryl methyl sites for hydroxylation is 2. The van der Waals surface area contributed by atoms with Crippen LogP contribution in [0.15, 0.2) is 6.07 Å². The second-order valence-electron chi connectivity index (χ2n) is 7.02. The van der Waals surface area contributed by atoms with Gasteiger partial charge in [-0.05, 0) is 37.3 Å². The van der Waals surface area contributed by atoms with E-state index in [0.29, 0.717) is 23.3 Å². The van der Waals surface area contributed by atoms with Gasteiger partial charge in [-0.1, -0.05) is 0 Å². The molecule has 130 valence electrons. The highest BCUT2D eigenvalue weighted by atomic mass is 32.1. The Bertz CT molecular complexity index is 610. The average Bonchev–Trinajstić information content (AvgIpc) is 3.25. The number of likely N-dealkylation sites (tertiary alicyclic amines) is 1. The standard InChI is InChI=1S/C17H23N3O3S/c21-16(8-20-6-12-9-23-10-13(12)7-20)18-19-17(22)15-5-11-3-1-2-4-14(11)24-15/h5,12-13H,1-4,6-10H2,(H,18,21)(H,19,22)/t12-,13+. The molecule has 0 bridgehead atoms. The van der Waals surface area contributed by atoms with E-state index in [1.54, 1.807) is 11.3 Å². The largest absolute Gasteiger partial charge is 0.381 e. The van der Waals surface area contributed by atoms with Gasteiger partial charge in [0.05, 0.1) is 24.6 Å². The molecule has 2 aliphatic heterocycles. The van der Waals surface area contributed by atoms with Crippen molar-refractivity contribution < 1.29 is 14.3 Å². The Morgan fingerprint density at radius 3 is 2.67 bits per heavy atom. The van der Waals surface area contributed by atoms with Crippen LogP contribution < -0.4 is 10.9 Å². The third-order valence-electron chi connectivity index (χ3n) is 5.22. The first-order valence-electron chi connectivity index (χ1n) is 8.70. The Labute approximate surface area is 145 Å². The molecule has 0 radical (unpaired) electrons. The minimum Gasteiger partial charge on any atom is -0.381 e. The van der Waals surface area contributed by atoms with Crippen LogP contribution in [0.4, 0.5) is 0 Å². The number of hydrogen-bond acceptors (Lipinski definition) is 5. The number of ether oxygens (including phenoxy) is 1. The monoisotopic (exact) mass is 349 g/mol. The van der Waals surface area contributed by atoms with Crippen molar-refractivity contribution in [2.45, 2.75) is 25.7 Å². The van der Waals surface area contributed by atoms with E-state index in [4.69, 9.17) is 4.74 Å². The van der Waals surface area contributed by atoms with Crippen molar-refractivity contribution in [2.75, 3.05) is 32.8 Å². The number of amides is 2. The molecule has 6 nitrogen and oxygen atoms in total. The van der Waals surface area contributed by atoms with E-state index in [0.717, 1.165) is 39.1 Å². The van der Waals surface area contributed by atoms with Crippen molar-refractivity contribution in [2.24, 2.45) is 11.8 Å². The van der Waals surface area contributed by atoms with Gasteiger partial charge < -0.3 is 4.74 Å².